The normalized spacial score (nSPS) is 13.5. The molecule has 128 valence electrons. The van der Waals surface area contributed by atoms with Crippen molar-refractivity contribution in [2.45, 2.75) is 0 Å². The van der Waals surface area contributed by atoms with E-state index < -0.39 is 11.8 Å². The molecule has 0 radical (unpaired) electrons. The minimum atomic E-state index is -0.413. The summed E-state index contributed by atoms with van der Waals surface area (Å²) in [6.45, 7) is 0. The molecular weight excluding hydrogens is 330 g/mol. The number of ether oxygens (including phenoxy) is 1. The lowest BCUT2D eigenvalue weighted by atomic mass is 10.1. The van der Waals surface area contributed by atoms with Crippen molar-refractivity contribution in [3.8, 4) is 11.4 Å². The molecule has 0 fully saturated rings. The molecule has 0 N–H and O–H groups in total. The minimum absolute atomic E-state index is 0.375. The maximum Gasteiger partial charge on any atom is 0.282 e. The third-order valence-electron chi connectivity index (χ3n) is 4.21. The molecule has 1 aliphatic rings. The van der Waals surface area contributed by atoms with Crippen molar-refractivity contribution >= 4 is 18.0 Å². The minimum Gasteiger partial charge on any atom is -0.497 e. The predicted octanol–water partition coefficient (Wildman–Crippen LogP) is 3.12. The molecule has 0 saturated heterocycles. The first kappa shape index (κ1) is 15.8. The number of amides is 2. The van der Waals surface area contributed by atoms with Gasteiger partial charge in [-0.1, -0.05) is 12.1 Å². The number of nitrogens with zero attached hydrogens (tertiary/aromatic N) is 3. The van der Waals surface area contributed by atoms with Gasteiger partial charge in [0.1, 0.15) is 5.75 Å². The molecule has 2 amide bonds. The summed E-state index contributed by atoms with van der Waals surface area (Å²) in [6, 6.07) is 18.0. The third kappa shape index (κ3) is 2.57. The summed E-state index contributed by atoms with van der Waals surface area (Å²) < 4.78 is 7.07. The van der Waals surface area contributed by atoms with Crippen molar-refractivity contribution in [1.29, 1.82) is 0 Å². The average Bonchev–Trinajstić information content (AvgIpc) is 3.24. The van der Waals surface area contributed by atoms with Crippen LogP contribution in [0.5, 0.6) is 5.75 Å². The van der Waals surface area contributed by atoms with E-state index in [1.807, 2.05) is 47.2 Å². The molecule has 0 bridgehead atoms. The number of fused-ring (bicyclic) bond motifs is 1. The van der Waals surface area contributed by atoms with Crippen LogP contribution in [0.3, 0.4) is 0 Å². The second kappa shape index (κ2) is 6.33. The van der Waals surface area contributed by atoms with Gasteiger partial charge in [-0.25, -0.2) is 0 Å². The van der Waals surface area contributed by atoms with Gasteiger partial charge in [0.15, 0.2) is 0 Å². The zero-order valence-corrected chi connectivity index (χ0v) is 14.0. The zero-order chi connectivity index (χ0) is 18.1. The number of carbonyl (C=O) groups excluding carboxylic acids is 2. The van der Waals surface area contributed by atoms with E-state index in [0.717, 1.165) is 22.1 Å². The number of methoxy groups -OCH3 is 1. The van der Waals surface area contributed by atoms with E-state index in [0.29, 0.717) is 11.1 Å². The Hall–Kier alpha value is -3.67. The highest BCUT2D eigenvalue weighted by Crippen LogP contribution is 2.23. The summed E-state index contributed by atoms with van der Waals surface area (Å²) in [5.41, 5.74) is 2.41. The number of benzene rings is 2. The van der Waals surface area contributed by atoms with Gasteiger partial charge in [0.2, 0.25) is 0 Å². The van der Waals surface area contributed by atoms with E-state index >= 15 is 0 Å². The smallest absolute Gasteiger partial charge is 0.282 e. The maximum atomic E-state index is 12.4. The van der Waals surface area contributed by atoms with Crippen LogP contribution in [0.15, 0.2) is 72.0 Å². The van der Waals surface area contributed by atoms with Gasteiger partial charge < -0.3 is 9.30 Å². The van der Waals surface area contributed by atoms with Crippen LogP contribution in [-0.4, -0.2) is 34.7 Å². The lowest BCUT2D eigenvalue weighted by molar-refractivity contribution is 0.0660. The third-order valence-corrected chi connectivity index (χ3v) is 4.21. The molecule has 0 atom stereocenters. The second-order valence-electron chi connectivity index (χ2n) is 5.71. The Labute approximate surface area is 149 Å². The van der Waals surface area contributed by atoms with Crippen molar-refractivity contribution in [2.75, 3.05) is 7.11 Å². The number of hydrogen-bond donors (Lipinski definition) is 0. The summed E-state index contributed by atoms with van der Waals surface area (Å²) in [5, 5.41) is 5.02. The van der Waals surface area contributed by atoms with Crippen molar-refractivity contribution in [1.82, 2.24) is 9.58 Å². The molecule has 6 nitrogen and oxygen atoms in total. The fourth-order valence-electron chi connectivity index (χ4n) is 2.88. The molecule has 3 aromatic rings. The first-order chi connectivity index (χ1) is 12.7. The standard InChI is InChI=1S/C20H15N3O3/c1-26-16-10-8-14(9-11-16)22-12-4-5-15(22)13-21-23-19(24)17-6-2-3-7-18(17)20(23)25/h2-13H,1H3. The van der Waals surface area contributed by atoms with Crippen molar-refractivity contribution < 1.29 is 14.3 Å². The summed E-state index contributed by atoms with van der Waals surface area (Å²) in [4.78, 5) is 24.7. The quantitative estimate of drug-likeness (QED) is 0.539. The Bertz CT molecular complexity index is 984. The molecule has 2 aromatic carbocycles. The van der Waals surface area contributed by atoms with E-state index in [9.17, 15) is 9.59 Å². The highest BCUT2D eigenvalue weighted by atomic mass is 16.5. The largest absolute Gasteiger partial charge is 0.497 e. The molecule has 2 heterocycles. The first-order valence-corrected chi connectivity index (χ1v) is 8.02. The number of rotatable bonds is 4. The van der Waals surface area contributed by atoms with E-state index in [2.05, 4.69) is 5.10 Å². The summed E-state index contributed by atoms with van der Waals surface area (Å²) in [7, 11) is 1.62. The fourth-order valence-corrected chi connectivity index (χ4v) is 2.88. The molecule has 0 spiro atoms. The number of carbonyl (C=O) groups is 2. The SMILES string of the molecule is COc1ccc(-n2cccc2C=NN2C(=O)c3ccccc3C2=O)cc1. The van der Waals surface area contributed by atoms with Crippen LogP contribution in [0.25, 0.3) is 5.69 Å². The van der Waals surface area contributed by atoms with Gasteiger partial charge in [0.25, 0.3) is 11.8 Å². The molecule has 0 saturated carbocycles. The molecule has 0 unspecified atom stereocenters. The second-order valence-corrected chi connectivity index (χ2v) is 5.71. The van der Waals surface area contributed by atoms with Gasteiger partial charge in [0, 0.05) is 11.9 Å². The van der Waals surface area contributed by atoms with Gasteiger partial charge >= 0.3 is 0 Å². The van der Waals surface area contributed by atoms with Crippen LogP contribution in [0.1, 0.15) is 26.4 Å². The lowest BCUT2D eigenvalue weighted by Gasteiger charge is -2.09. The molecule has 1 aliphatic heterocycles. The van der Waals surface area contributed by atoms with Gasteiger partial charge in [0.05, 0.1) is 30.1 Å². The van der Waals surface area contributed by atoms with Crippen LogP contribution < -0.4 is 4.74 Å². The highest BCUT2D eigenvalue weighted by molar-refractivity contribution is 6.21. The summed E-state index contributed by atoms with van der Waals surface area (Å²) in [6.07, 6.45) is 3.39. The topological polar surface area (TPSA) is 63.9 Å². The monoisotopic (exact) mass is 345 g/mol. The molecule has 26 heavy (non-hydrogen) atoms. The fraction of sp³-hybridized carbons (Fsp3) is 0.0500. The Kier molecular flexibility index (Phi) is 3.85. The van der Waals surface area contributed by atoms with Crippen LogP contribution in [0.4, 0.5) is 0 Å². The number of aromatic nitrogens is 1. The van der Waals surface area contributed by atoms with Crippen molar-refractivity contribution in [2.24, 2.45) is 5.10 Å². The molecular formula is C20H15N3O3. The number of imide groups is 1. The Balaban J connectivity index is 1.62. The van der Waals surface area contributed by atoms with Crippen LogP contribution in [0.2, 0.25) is 0 Å². The van der Waals surface area contributed by atoms with Gasteiger partial charge in [-0.2, -0.15) is 10.1 Å². The lowest BCUT2D eigenvalue weighted by Crippen LogP contribution is -2.24. The summed E-state index contributed by atoms with van der Waals surface area (Å²) in [5.74, 6) is -0.0593. The van der Waals surface area contributed by atoms with Crippen molar-refractivity contribution in [3.63, 3.8) is 0 Å². The molecule has 4 rings (SSSR count). The number of hydrazone groups is 1. The van der Waals surface area contributed by atoms with E-state index in [4.69, 9.17) is 4.74 Å². The Morgan fingerprint density at radius 2 is 1.54 bits per heavy atom. The van der Waals surface area contributed by atoms with Crippen LogP contribution in [-0.2, 0) is 0 Å². The Morgan fingerprint density at radius 3 is 2.15 bits per heavy atom. The number of hydrogen-bond acceptors (Lipinski definition) is 4. The van der Waals surface area contributed by atoms with E-state index in [1.165, 1.54) is 6.21 Å². The molecule has 0 aliphatic carbocycles. The maximum absolute atomic E-state index is 12.4. The van der Waals surface area contributed by atoms with Crippen LogP contribution in [0, 0.1) is 0 Å². The van der Waals surface area contributed by atoms with Gasteiger partial charge in [-0.15, -0.1) is 0 Å². The van der Waals surface area contributed by atoms with Crippen molar-refractivity contribution in [3.05, 3.63) is 83.7 Å². The summed E-state index contributed by atoms with van der Waals surface area (Å²) >= 11 is 0. The van der Waals surface area contributed by atoms with Gasteiger partial charge in [-0.05, 0) is 48.5 Å². The molecule has 1 aromatic heterocycles. The first-order valence-electron chi connectivity index (χ1n) is 8.02. The zero-order valence-electron chi connectivity index (χ0n) is 14.0. The predicted molar refractivity (Wildman–Crippen MR) is 96.9 cm³/mol. The van der Waals surface area contributed by atoms with E-state index in [1.54, 1.807) is 31.4 Å². The average molecular weight is 345 g/mol. The van der Waals surface area contributed by atoms with E-state index in [-0.39, 0.29) is 0 Å². The molecule has 6 heteroatoms. The van der Waals surface area contributed by atoms with Gasteiger partial charge in [-0.3, -0.25) is 9.59 Å². The highest BCUT2D eigenvalue weighted by Gasteiger charge is 2.35. The Morgan fingerprint density at radius 1 is 0.885 bits per heavy atom. The van der Waals surface area contributed by atoms with Crippen LogP contribution >= 0.6 is 0 Å².